The van der Waals surface area contributed by atoms with E-state index in [4.69, 9.17) is 15.6 Å². The summed E-state index contributed by atoms with van der Waals surface area (Å²) in [4.78, 5) is 26.7. The summed E-state index contributed by atoms with van der Waals surface area (Å²) >= 11 is 0. The molecular weight excluding hydrogens is 494 g/mol. The number of likely N-dealkylation sites (N-methyl/N-ethyl adjacent to an activating group) is 1. The Morgan fingerprint density at radius 3 is 2.56 bits per heavy atom. The van der Waals surface area contributed by atoms with Gasteiger partial charge in [0, 0.05) is 37.8 Å². The molecule has 11 heteroatoms. The van der Waals surface area contributed by atoms with E-state index in [9.17, 15) is 4.79 Å². The van der Waals surface area contributed by atoms with Crippen molar-refractivity contribution in [1.82, 2.24) is 34.9 Å². The van der Waals surface area contributed by atoms with Crippen LogP contribution < -0.4 is 21.1 Å². The number of nitrogens with one attached hydrogen (secondary N) is 2. The smallest absolute Gasteiger partial charge is 0.241 e. The molecule has 1 saturated carbocycles. The molecule has 0 bridgehead atoms. The fourth-order valence-corrected chi connectivity index (χ4v) is 6.38. The average molecular weight is 534 g/mol. The second kappa shape index (κ2) is 11.1. The number of nitrogens with two attached hydrogens (primary N) is 1. The van der Waals surface area contributed by atoms with E-state index in [1.807, 2.05) is 18.2 Å². The first-order valence-corrected chi connectivity index (χ1v) is 14.2. The Bertz CT molecular complexity index is 1320. The van der Waals surface area contributed by atoms with Crippen molar-refractivity contribution in [3.8, 4) is 17.0 Å². The van der Waals surface area contributed by atoms with Gasteiger partial charge < -0.3 is 26.0 Å². The van der Waals surface area contributed by atoms with E-state index in [0.29, 0.717) is 23.3 Å². The van der Waals surface area contributed by atoms with Crippen LogP contribution in [0.3, 0.4) is 0 Å². The second-order valence-corrected chi connectivity index (χ2v) is 11.1. The molecule has 208 valence electrons. The Labute approximate surface area is 229 Å². The number of piperazine rings is 1. The van der Waals surface area contributed by atoms with Gasteiger partial charge in [-0.2, -0.15) is 5.10 Å². The Morgan fingerprint density at radius 1 is 1.08 bits per heavy atom. The van der Waals surface area contributed by atoms with Crippen LogP contribution in [0.25, 0.3) is 22.3 Å². The molecule has 0 radical (unpaired) electrons. The highest BCUT2D eigenvalue weighted by molar-refractivity contribution is 6.00. The van der Waals surface area contributed by atoms with Crippen molar-refractivity contribution in [3.63, 3.8) is 0 Å². The number of hydrogen-bond acceptors (Lipinski definition) is 9. The van der Waals surface area contributed by atoms with Crippen LogP contribution in [-0.4, -0.2) is 94.4 Å². The molecule has 11 nitrogen and oxygen atoms in total. The van der Waals surface area contributed by atoms with E-state index in [1.165, 1.54) is 6.33 Å². The molecule has 2 aromatic heterocycles. The number of benzene rings is 1. The lowest BCUT2D eigenvalue weighted by atomic mass is 9.90. The van der Waals surface area contributed by atoms with Gasteiger partial charge >= 0.3 is 0 Å². The Morgan fingerprint density at radius 2 is 1.85 bits per heavy atom. The highest BCUT2D eigenvalue weighted by Crippen LogP contribution is 2.39. The zero-order valence-electron chi connectivity index (χ0n) is 22.9. The van der Waals surface area contributed by atoms with Gasteiger partial charge in [-0.05, 0) is 64.3 Å². The minimum absolute atomic E-state index is 0.0434. The summed E-state index contributed by atoms with van der Waals surface area (Å²) in [5.74, 6) is 0.943. The third-order valence-electron chi connectivity index (χ3n) is 8.69. The first-order chi connectivity index (χ1) is 19.0. The van der Waals surface area contributed by atoms with Crippen LogP contribution in [0.1, 0.15) is 44.6 Å². The number of fused-ring (bicyclic) bond motifs is 1. The first-order valence-electron chi connectivity index (χ1n) is 14.2. The topological polar surface area (TPSA) is 126 Å². The highest BCUT2D eigenvalue weighted by atomic mass is 16.5. The molecular formula is C28H39N9O2. The lowest BCUT2D eigenvalue weighted by Crippen LogP contribution is -2.49. The third-order valence-corrected chi connectivity index (χ3v) is 8.69. The average Bonchev–Trinajstić information content (AvgIpc) is 3.64. The molecule has 4 heterocycles. The van der Waals surface area contributed by atoms with E-state index >= 15 is 0 Å². The number of methoxy groups -OCH3 is 1. The quantitative estimate of drug-likeness (QED) is 0.438. The van der Waals surface area contributed by atoms with Gasteiger partial charge in [-0.15, -0.1) is 0 Å². The van der Waals surface area contributed by atoms with Gasteiger partial charge in [-0.1, -0.05) is 6.07 Å². The number of nitrogens with zero attached hydrogens (tertiary/aromatic N) is 6. The summed E-state index contributed by atoms with van der Waals surface area (Å²) in [5, 5.41) is 12.1. The van der Waals surface area contributed by atoms with Crippen LogP contribution in [0.15, 0.2) is 24.5 Å². The summed E-state index contributed by atoms with van der Waals surface area (Å²) < 4.78 is 7.74. The Kier molecular flexibility index (Phi) is 7.37. The van der Waals surface area contributed by atoms with Crippen LogP contribution in [-0.2, 0) is 4.79 Å². The summed E-state index contributed by atoms with van der Waals surface area (Å²) in [6.45, 7) is 5.46. The molecule has 3 fully saturated rings. The molecule has 4 N–H and O–H groups in total. The number of amides is 1. The molecule has 3 aliphatic rings. The highest BCUT2D eigenvalue weighted by Gasteiger charge is 2.31. The molecule has 3 aromatic rings. The largest absolute Gasteiger partial charge is 0.495 e. The monoisotopic (exact) mass is 533 g/mol. The van der Waals surface area contributed by atoms with Crippen molar-refractivity contribution in [3.05, 3.63) is 24.5 Å². The van der Waals surface area contributed by atoms with Crippen LogP contribution in [0.2, 0.25) is 0 Å². The van der Waals surface area contributed by atoms with Crippen molar-refractivity contribution in [2.24, 2.45) is 0 Å². The molecule has 1 amide bonds. The predicted molar refractivity (Wildman–Crippen MR) is 152 cm³/mol. The minimum Gasteiger partial charge on any atom is -0.495 e. The maximum atomic E-state index is 12.7. The zero-order valence-corrected chi connectivity index (χ0v) is 22.9. The number of rotatable bonds is 6. The molecule has 1 aliphatic carbocycles. The molecule has 0 spiro atoms. The van der Waals surface area contributed by atoms with Gasteiger partial charge in [-0.25, -0.2) is 14.6 Å². The van der Waals surface area contributed by atoms with Crippen molar-refractivity contribution in [2.45, 2.75) is 56.7 Å². The Balaban J connectivity index is 1.25. The Hall–Kier alpha value is -3.28. The minimum atomic E-state index is -0.169. The van der Waals surface area contributed by atoms with Crippen molar-refractivity contribution in [2.75, 3.05) is 57.9 Å². The van der Waals surface area contributed by atoms with Crippen molar-refractivity contribution in [1.29, 1.82) is 0 Å². The van der Waals surface area contributed by atoms with Gasteiger partial charge in [0.2, 0.25) is 5.91 Å². The number of aromatic nitrogens is 4. The van der Waals surface area contributed by atoms with Crippen molar-refractivity contribution < 1.29 is 9.53 Å². The van der Waals surface area contributed by atoms with Gasteiger partial charge in [0.25, 0.3) is 0 Å². The van der Waals surface area contributed by atoms with E-state index in [-0.39, 0.29) is 18.0 Å². The van der Waals surface area contributed by atoms with Crippen LogP contribution in [0.5, 0.6) is 5.75 Å². The number of carbonyl (C=O) groups excluding carboxylic acids is 1. The number of anilines is 2. The molecule has 2 saturated heterocycles. The zero-order chi connectivity index (χ0) is 26.9. The number of ether oxygens (including phenoxy) is 1. The molecule has 1 aromatic carbocycles. The van der Waals surface area contributed by atoms with E-state index in [1.54, 1.807) is 7.11 Å². The fraction of sp³-hybridized carbons (Fsp3) is 0.571. The standard InChI is InChI=1S/C28H39N9O2/c1-35-12-14-36(15-13-35)19-6-8-20(9-7-19)37-27-24(26(29)31-17-32-27)25(34-37)18-5-10-21(23(16-18)39-2)33-28(38)22-4-3-11-30-22/h5,10,16-17,19-20,22,30H,3-4,6-9,11-15H2,1-2H3,(H,33,38)(H2,29,31,32)/t19?,20?,22-/m1/s1. The molecule has 6 rings (SSSR count). The van der Waals surface area contributed by atoms with Crippen LogP contribution in [0, 0.1) is 0 Å². The summed E-state index contributed by atoms with van der Waals surface area (Å²) in [6, 6.07) is 6.45. The van der Waals surface area contributed by atoms with Crippen LogP contribution >= 0.6 is 0 Å². The molecule has 0 unspecified atom stereocenters. The van der Waals surface area contributed by atoms with Gasteiger partial charge in [0.15, 0.2) is 5.65 Å². The number of nitrogen functional groups attached to an aromatic ring is 1. The summed E-state index contributed by atoms with van der Waals surface area (Å²) in [7, 11) is 3.81. The molecule has 1 atom stereocenters. The molecule has 39 heavy (non-hydrogen) atoms. The lowest BCUT2D eigenvalue weighted by Gasteiger charge is -2.41. The maximum Gasteiger partial charge on any atom is 0.241 e. The predicted octanol–water partition coefficient (Wildman–Crippen LogP) is 2.51. The SMILES string of the molecule is COc1cc(-c2nn(C3CCC(N4CCN(C)CC4)CC3)c3ncnc(N)c23)ccc1NC(=O)[C@H]1CCCN1. The van der Waals surface area contributed by atoms with Gasteiger partial charge in [-0.3, -0.25) is 9.69 Å². The van der Waals surface area contributed by atoms with Gasteiger partial charge in [0.1, 0.15) is 23.6 Å². The fourth-order valence-electron chi connectivity index (χ4n) is 6.38. The summed E-state index contributed by atoms with van der Waals surface area (Å²) in [6.07, 6.45) is 7.79. The number of carbonyl (C=O) groups is 1. The van der Waals surface area contributed by atoms with Crippen molar-refractivity contribution >= 4 is 28.4 Å². The van der Waals surface area contributed by atoms with Gasteiger partial charge in [0.05, 0.1) is 30.3 Å². The van der Waals surface area contributed by atoms with Crippen LogP contribution in [0.4, 0.5) is 11.5 Å². The first kappa shape index (κ1) is 26.0. The second-order valence-electron chi connectivity index (χ2n) is 11.1. The van der Waals surface area contributed by atoms with E-state index < -0.39 is 0 Å². The number of hydrogen-bond donors (Lipinski definition) is 3. The lowest BCUT2D eigenvalue weighted by molar-refractivity contribution is -0.117. The van der Waals surface area contributed by atoms with E-state index in [2.05, 4.69) is 42.1 Å². The van der Waals surface area contributed by atoms with E-state index in [0.717, 1.165) is 93.5 Å². The summed E-state index contributed by atoms with van der Waals surface area (Å²) in [5.41, 5.74) is 9.38. The maximum absolute atomic E-state index is 12.7. The molecule has 2 aliphatic heterocycles. The third kappa shape index (κ3) is 5.18. The normalized spacial score (nSPS) is 24.7.